The maximum absolute atomic E-state index is 12.3. The molecule has 0 spiro atoms. The molecule has 1 aromatic heterocycles. The first-order valence-corrected chi connectivity index (χ1v) is 8.59. The van der Waals surface area contributed by atoms with Gasteiger partial charge in [0.2, 0.25) is 0 Å². The van der Waals surface area contributed by atoms with E-state index in [1.807, 2.05) is 43.3 Å². The molecule has 27 heavy (non-hydrogen) atoms. The summed E-state index contributed by atoms with van der Waals surface area (Å²) in [6, 6.07) is 18.3. The Hall–Kier alpha value is -3.54. The highest BCUT2D eigenvalue weighted by Gasteiger charge is 2.08. The van der Waals surface area contributed by atoms with Gasteiger partial charge < -0.3 is 20.1 Å². The van der Waals surface area contributed by atoms with Crippen LogP contribution in [0.1, 0.15) is 17.4 Å². The maximum atomic E-state index is 12.3. The molecule has 2 N–H and O–H groups in total. The molecule has 0 aliphatic heterocycles. The van der Waals surface area contributed by atoms with Crippen LogP contribution in [0.2, 0.25) is 0 Å². The van der Waals surface area contributed by atoms with E-state index >= 15 is 0 Å². The summed E-state index contributed by atoms with van der Waals surface area (Å²) >= 11 is 0. The third-order valence-corrected chi connectivity index (χ3v) is 3.78. The Balaban J connectivity index is 1.62. The Morgan fingerprint density at radius 2 is 1.74 bits per heavy atom. The molecule has 0 saturated carbocycles. The lowest BCUT2D eigenvalue weighted by Crippen LogP contribution is -2.13. The molecule has 1 amide bonds. The number of nitrogens with one attached hydrogen (secondary N) is 2. The van der Waals surface area contributed by atoms with Gasteiger partial charge in [-0.15, -0.1) is 0 Å². The zero-order valence-corrected chi connectivity index (χ0v) is 15.2. The second-order valence-corrected chi connectivity index (χ2v) is 5.70. The molecule has 0 bridgehead atoms. The fraction of sp³-hybridized carbons (Fsp3) is 0.143. The summed E-state index contributed by atoms with van der Waals surface area (Å²) in [6.07, 6.45) is 1.62. The Kier molecular flexibility index (Phi) is 5.89. The fourth-order valence-electron chi connectivity index (χ4n) is 2.47. The molecule has 1 heterocycles. The molecule has 3 aromatic rings. The minimum absolute atomic E-state index is 0.271. The summed E-state index contributed by atoms with van der Waals surface area (Å²) in [7, 11) is 1.62. The molecule has 0 unspecified atom stereocenters. The number of aromatic nitrogens is 1. The summed E-state index contributed by atoms with van der Waals surface area (Å²) < 4.78 is 10.6. The normalized spacial score (nSPS) is 10.1. The van der Waals surface area contributed by atoms with Gasteiger partial charge in [-0.05, 0) is 55.5 Å². The SMILES string of the molecule is CCOc1ccc(NC(=O)c2ccc(Nc3cccc(OC)c3)cn2)cc1. The summed E-state index contributed by atoms with van der Waals surface area (Å²) in [6.45, 7) is 2.53. The molecular formula is C21H21N3O3. The number of rotatable bonds is 7. The van der Waals surface area contributed by atoms with Crippen LogP contribution in [0, 0.1) is 0 Å². The first kappa shape index (κ1) is 18.3. The lowest BCUT2D eigenvalue weighted by molar-refractivity contribution is 0.102. The molecule has 0 aliphatic rings. The molecule has 0 aliphatic carbocycles. The second kappa shape index (κ2) is 8.71. The molecule has 0 atom stereocenters. The van der Waals surface area contributed by atoms with E-state index in [4.69, 9.17) is 9.47 Å². The van der Waals surface area contributed by atoms with Gasteiger partial charge in [0.05, 0.1) is 25.6 Å². The van der Waals surface area contributed by atoms with Crippen molar-refractivity contribution in [3.05, 3.63) is 72.6 Å². The van der Waals surface area contributed by atoms with Crippen LogP contribution in [0.5, 0.6) is 11.5 Å². The lowest BCUT2D eigenvalue weighted by atomic mass is 10.2. The first-order chi connectivity index (χ1) is 13.2. The quantitative estimate of drug-likeness (QED) is 0.647. The van der Waals surface area contributed by atoms with Crippen LogP contribution in [0.25, 0.3) is 0 Å². The largest absolute Gasteiger partial charge is 0.497 e. The summed E-state index contributed by atoms with van der Waals surface area (Å²) in [5.41, 5.74) is 2.67. The minimum atomic E-state index is -0.271. The molecular weight excluding hydrogens is 342 g/mol. The van der Waals surface area contributed by atoms with E-state index in [-0.39, 0.29) is 5.91 Å². The number of methoxy groups -OCH3 is 1. The van der Waals surface area contributed by atoms with Gasteiger partial charge in [-0.1, -0.05) is 6.07 Å². The van der Waals surface area contributed by atoms with Crippen molar-refractivity contribution < 1.29 is 14.3 Å². The van der Waals surface area contributed by atoms with E-state index in [0.29, 0.717) is 18.0 Å². The fourth-order valence-corrected chi connectivity index (χ4v) is 2.47. The number of carbonyl (C=O) groups excluding carboxylic acids is 1. The van der Waals surface area contributed by atoms with Gasteiger partial charge in [-0.3, -0.25) is 4.79 Å². The number of hydrogen-bond acceptors (Lipinski definition) is 5. The Morgan fingerprint density at radius 3 is 2.41 bits per heavy atom. The molecule has 2 aromatic carbocycles. The first-order valence-electron chi connectivity index (χ1n) is 8.59. The topological polar surface area (TPSA) is 72.5 Å². The molecule has 0 radical (unpaired) electrons. The number of amides is 1. The van der Waals surface area contributed by atoms with Crippen molar-refractivity contribution in [2.75, 3.05) is 24.4 Å². The smallest absolute Gasteiger partial charge is 0.274 e. The van der Waals surface area contributed by atoms with Crippen molar-refractivity contribution in [2.45, 2.75) is 6.92 Å². The Bertz CT molecular complexity index is 893. The monoisotopic (exact) mass is 363 g/mol. The van der Waals surface area contributed by atoms with Crippen LogP contribution in [0.4, 0.5) is 17.1 Å². The van der Waals surface area contributed by atoms with E-state index in [2.05, 4.69) is 15.6 Å². The zero-order chi connectivity index (χ0) is 19.1. The Labute approximate surface area is 158 Å². The molecule has 0 saturated heterocycles. The molecule has 3 rings (SSSR count). The third-order valence-electron chi connectivity index (χ3n) is 3.78. The van der Waals surface area contributed by atoms with E-state index in [0.717, 1.165) is 22.9 Å². The summed E-state index contributed by atoms with van der Waals surface area (Å²) in [5, 5.41) is 6.04. The van der Waals surface area contributed by atoms with Crippen LogP contribution in [0.15, 0.2) is 66.9 Å². The van der Waals surface area contributed by atoms with Crippen molar-refractivity contribution in [1.82, 2.24) is 4.98 Å². The number of anilines is 3. The zero-order valence-electron chi connectivity index (χ0n) is 15.2. The Morgan fingerprint density at radius 1 is 0.963 bits per heavy atom. The van der Waals surface area contributed by atoms with Gasteiger partial charge in [0.1, 0.15) is 17.2 Å². The lowest BCUT2D eigenvalue weighted by Gasteiger charge is -2.09. The van der Waals surface area contributed by atoms with E-state index in [1.54, 1.807) is 37.6 Å². The third kappa shape index (κ3) is 4.98. The number of pyridine rings is 1. The van der Waals surface area contributed by atoms with Gasteiger partial charge in [0.25, 0.3) is 5.91 Å². The highest BCUT2D eigenvalue weighted by molar-refractivity contribution is 6.03. The standard InChI is InChI=1S/C21H21N3O3/c1-3-27-18-10-7-15(8-11-18)24-21(25)20-12-9-17(14-22-20)23-16-5-4-6-19(13-16)26-2/h4-14,23H,3H2,1-2H3,(H,24,25). The predicted molar refractivity (Wildman–Crippen MR) is 106 cm³/mol. The van der Waals surface area contributed by atoms with E-state index in [9.17, 15) is 4.79 Å². The summed E-state index contributed by atoms with van der Waals surface area (Å²) in [4.78, 5) is 16.6. The van der Waals surface area contributed by atoms with Crippen LogP contribution in [-0.4, -0.2) is 24.6 Å². The average Bonchev–Trinajstić information content (AvgIpc) is 2.70. The number of ether oxygens (including phenoxy) is 2. The minimum Gasteiger partial charge on any atom is -0.497 e. The van der Waals surface area contributed by atoms with Crippen LogP contribution in [0.3, 0.4) is 0 Å². The van der Waals surface area contributed by atoms with Gasteiger partial charge >= 0.3 is 0 Å². The summed E-state index contributed by atoms with van der Waals surface area (Å²) in [5.74, 6) is 1.26. The number of benzene rings is 2. The van der Waals surface area contributed by atoms with Crippen molar-refractivity contribution in [1.29, 1.82) is 0 Å². The number of carbonyl (C=O) groups is 1. The highest BCUT2D eigenvalue weighted by Crippen LogP contribution is 2.21. The second-order valence-electron chi connectivity index (χ2n) is 5.70. The predicted octanol–water partition coefficient (Wildman–Crippen LogP) is 4.48. The van der Waals surface area contributed by atoms with Crippen LogP contribution >= 0.6 is 0 Å². The maximum Gasteiger partial charge on any atom is 0.274 e. The van der Waals surface area contributed by atoms with Gasteiger partial charge in [0, 0.05) is 17.4 Å². The van der Waals surface area contributed by atoms with Gasteiger partial charge in [-0.2, -0.15) is 0 Å². The molecule has 0 fully saturated rings. The number of nitrogens with zero attached hydrogens (tertiary/aromatic N) is 1. The van der Waals surface area contributed by atoms with Crippen molar-refractivity contribution >= 4 is 23.0 Å². The average molecular weight is 363 g/mol. The number of hydrogen-bond donors (Lipinski definition) is 2. The molecule has 6 heteroatoms. The van der Waals surface area contributed by atoms with E-state index < -0.39 is 0 Å². The van der Waals surface area contributed by atoms with Crippen molar-refractivity contribution in [3.8, 4) is 11.5 Å². The van der Waals surface area contributed by atoms with Crippen molar-refractivity contribution in [2.24, 2.45) is 0 Å². The van der Waals surface area contributed by atoms with Gasteiger partial charge in [-0.25, -0.2) is 4.98 Å². The molecule has 138 valence electrons. The van der Waals surface area contributed by atoms with Gasteiger partial charge in [0.15, 0.2) is 0 Å². The highest BCUT2D eigenvalue weighted by atomic mass is 16.5. The van der Waals surface area contributed by atoms with Crippen molar-refractivity contribution in [3.63, 3.8) is 0 Å². The molecule has 6 nitrogen and oxygen atoms in total. The van der Waals surface area contributed by atoms with Crippen LogP contribution in [-0.2, 0) is 0 Å². The van der Waals surface area contributed by atoms with E-state index in [1.165, 1.54) is 0 Å². The van der Waals surface area contributed by atoms with Crippen LogP contribution < -0.4 is 20.1 Å².